The van der Waals surface area contributed by atoms with Gasteiger partial charge in [0.1, 0.15) is 0 Å². The van der Waals surface area contributed by atoms with Gasteiger partial charge in [0.25, 0.3) is 11.8 Å². The van der Waals surface area contributed by atoms with E-state index in [0.717, 1.165) is 11.6 Å². The molecule has 2 aromatic rings. The molecule has 0 atom stereocenters. The lowest BCUT2D eigenvalue weighted by molar-refractivity contribution is -0.384. The second kappa shape index (κ2) is 7.60. The summed E-state index contributed by atoms with van der Waals surface area (Å²) in [5.41, 5.74) is 1.36. The van der Waals surface area contributed by atoms with Crippen molar-refractivity contribution in [2.75, 3.05) is 5.75 Å². The van der Waals surface area contributed by atoms with Gasteiger partial charge < -0.3 is 0 Å². The van der Waals surface area contributed by atoms with Crippen molar-refractivity contribution in [3.63, 3.8) is 0 Å². The monoisotopic (exact) mass is 323 g/mol. The van der Waals surface area contributed by atoms with Crippen molar-refractivity contribution in [3.8, 4) is 11.3 Å². The quantitative estimate of drug-likeness (QED) is 0.260. The summed E-state index contributed by atoms with van der Waals surface area (Å²) in [6, 6.07) is 7.71. The third kappa shape index (κ3) is 4.59. The maximum atomic E-state index is 11.9. The number of allylic oxidation sites excluding steroid dienone is 1. The van der Waals surface area contributed by atoms with E-state index in [1.807, 2.05) is 0 Å². The van der Waals surface area contributed by atoms with Gasteiger partial charge in [0.15, 0.2) is 5.16 Å². The van der Waals surface area contributed by atoms with Gasteiger partial charge in [-0.05, 0) is 30.7 Å². The molecule has 0 fully saturated rings. The molecule has 0 aliphatic carbocycles. The van der Waals surface area contributed by atoms with Crippen LogP contribution in [-0.2, 0) is 0 Å². The van der Waals surface area contributed by atoms with Gasteiger partial charge in [-0.3, -0.25) is 10.1 Å². The topological polar surface area (TPSA) is 68.9 Å². The van der Waals surface area contributed by atoms with E-state index in [9.17, 15) is 18.9 Å². The Hall–Kier alpha value is -2.35. The highest BCUT2D eigenvalue weighted by Crippen LogP contribution is 2.23. The fraction of sp³-hybridized carbons (Fsp3) is 0.143. The summed E-state index contributed by atoms with van der Waals surface area (Å²) in [5.74, 6) is 0.445. The van der Waals surface area contributed by atoms with Crippen LogP contribution in [0.2, 0.25) is 0 Å². The fourth-order valence-corrected chi connectivity index (χ4v) is 2.36. The molecular formula is C14H11F2N3O2S. The highest BCUT2D eigenvalue weighted by molar-refractivity contribution is 7.99. The Morgan fingerprint density at radius 3 is 2.64 bits per heavy atom. The van der Waals surface area contributed by atoms with Crippen molar-refractivity contribution < 1.29 is 13.7 Å². The highest BCUT2D eigenvalue weighted by Gasteiger charge is 2.07. The first-order valence-electron chi connectivity index (χ1n) is 6.28. The minimum absolute atomic E-state index is 0.00689. The first kappa shape index (κ1) is 16.0. The lowest BCUT2D eigenvalue weighted by atomic mass is 10.1. The number of rotatable bonds is 6. The summed E-state index contributed by atoms with van der Waals surface area (Å²) in [6.45, 7) is 0. The van der Waals surface area contributed by atoms with Gasteiger partial charge in [0, 0.05) is 29.6 Å². The molecule has 0 saturated carbocycles. The summed E-state index contributed by atoms with van der Waals surface area (Å²) >= 11 is 1.27. The highest BCUT2D eigenvalue weighted by atomic mass is 32.2. The Morgan fingerprint density at radius 2 is 2.00 bits per heavy atom. The van der Waals surface area contributed by atoms with Crippen LogP contribution < -0.4 is 0 Å². The molecule has 2 rings (SSSR count). The van der Waals surface area contributed by atoms with Gasteiger partial charge in [-0.25, -0.2) is 9.97 Å². The lowest BCUT2D eigenvalue weighted by Gasteiger charge is -2.03. The molecule has 22 heavy (non-hydrogen) atoms. The van der Waals surface area contributed by atoms with Gasteiger partial charge in [0.2, 0.25) is 0 Å². The first-order valence-corrected chi connectivity index (χ1v) is 7.26. The average molecular weight is 323 g/mol. The van der Waals surface area contributed by atoms with Crippen LogP contribution in [0.3, 0.4) is 0 Å². The van der Waals surface area contributed by atoms with Crippen LogP contribution in [0.4, 0.5) is 14.5 Å². The Morgan fingerprint density at radius 1 is 1.27 bits per heavy atom. The van der Waals surface area contributed by atoms with Crippen molar-refractivity contribution in [1.82, 2.24) is 9.97 Å². The molecule has 0 saturated heterocycles. The van der Waals surface area contributed by atoms with E-state index in [2.05, 4.69) is 9.97 Å². The molecule has 0 N–H and O–H groups in total. The molecule has 5 nitrogen and oxygen atoms in total. The average Bonchev–Trinajstić information content (AvgIpc) is 2.52. The summed E-state index contributed by atoms with van der Waals surface area (Å²) in [5, 5.41) is 11.1. The lowest BCUT2D eigenvalue weighted by Crippen LogP contribution is -1.92. The molecule has 8 heteroatoms. The third-order valence-corrected chi connectivity index (χ3v) is 3.55. The molecule has 0 aliphatic rings. The van der Waals surface area contributed by atoms with Gasteiger partial charge in [-0.1, -0.05) is 11.8 Å². The molecule has 1 aromatic heterocycles. The number of nitrogens with zero attached hydrogens (tertiary/aromatic N) is 3. The Labute approximate surface area is 129 Å². The van der Waals surface area contributed by atoms with E-state index in [4.69, 9.17) is 0 Å². The molecule has 0 amide bonds. The number of thioether (sulfide) groups is 1. The largest absolute Gasteiger partial charge is 0.269 e. The summed E-state index contributed by atoms with van der Waals surface area (Å²) in [6.07, 6.45) is 0.962. The first-order chi connectivity index (χ1) is 10.6. The van der Waals surface area contributed by atoms with E-state index >= 15 is 0 Å². The minimum Gasteiger partial charge on any atom is -0.258 e. The fourth-order valence-electron chi connectivity index (χ4n) is 1.64. The maximum Gasteiger partial charge on any atom is 0.269 e. The summed E-state index contributed by atoms with van der Waals surface area (Å²) < 4.78 is 23.8. The number of nitro benzene ring substituents is 1. The molecule has 0 unspecified atom stereocenters. The molecule has 0 aliphatic heterocycles. The summed E-state index contributed by atoms with van der Waals surface area (Å²) in [4.78, 5) is 18.5. The number of hydrogen-bond donors (Lipinski definition) is 0. The predicted molar refractivity (Wildman–Crippen MR) is 79.8 cm³/mol. The van der Waals surface area contributed by atoms with E-state index in [-0.39, 0.29) is 12.1 Å². The van der Waals surface area contributed by atoms with Crippen LogP contribution in [0, 0.1) is 10.1 Å². The Kier molecular flexibility index (Phi) is 5.54. The molecule has 1 heterocycles. The van der Waals surface area contributed by atoms with Crippen LogP contribution >= 0.6 is 11.8 Å². The molecule has 0 spiro atoms. The number of benzene rings is 1. The smallest absolute Gasteiger partial charge is 0.258 e. The van der Waals surface area contributed by atoms with Crippen LogP contribution in [0.5, 0.6) is 0 Å². The molecule has 1 aromatic carbocycles. The van der Waals surface area contributed by atoms with Gasteiger partial charge in [0.05, 0.1) is 10.6 Å². The number of aromatic nitrogens is 2. The third-order valence-electron chi connectivity index (χ3n) is 2.66. The maximum absolute atomic E-state index is 11.9. The van der Waals surface area contributed by atoms with Gasteiger partial charge in [-0.2, -0.15) is 8.78 Å². The Balaban J connectivity index is 2.07. The van der Waals surface area contributed by atoms with Crippen molar-refractivity contribution in [2.24, 2.45) is 0 Å². The zero-order chi connectivity index (χ0) is 15.9. The van der Waals surface area contributed by atoms with Gasteiger partial charge in [-0.15, -0.1) is 0 Å². The van der Waals surface area contributed by atoms with Crippen LogP contribution in [0.15, 0.2) is 53.8 Å². The predicted octanol–water partition coefficient (Wildman–Crippen LogP) is 4.31. The second-order valence-electron chi connectivity index (χ2n) is 4.16. The van der Waals surface area contributed by atoms with Crippen LogP contribution in [0.25, 0.3) is 11.3 Å². The Bertz CT molecular complexity index is 689. The van der Waals surface area contributed by atoms with Gasteiger partial charge >= 0.3 is 0 Å². The minimum atomic E-state index is -1.69. The summed E-state index contributed by atoms with van der Waals surface area (Å²) in [7, 11) is 0. The van der Waals surface area contributed by atoms with E-state index in [1.165, 1.54) is 23.9 Å². The van der Waals surface area contributed by atoms with Crippen LogP contribution in [-0.4, -0.2) is 20.6 Å². The van der Waals surface area contributed by atoms with Crippen molar-refractivity contribution in [3.05, 3.63) is 58.8 Å². The number of halogens is 2. The zero-order valence-corrected chi connectivity index (χ0v) is 12.1. The van der Waals surface area contributed by atoms with Crippen molar-refractivity contribution in [1.29, 1.82) is 0 Å². The molecular weight excluding hydrogens is 312 g/mol. The standard InChI is InChI=1S/C14H11F2N3O2S/c15-13(16)2-1-9-22-14-17-8-7-12(18-14)10-3-5-11(6-4-10)19(20)21/h2-8H,1,9H2. The molecule has 0 radical (unpaired) electrons. The van der Waals surface area contributed by atoms with Crippen molar-refractivity contribution >= 4 is 17.4 Å². The zero-order valence-electron chi connectivity index (χ0n) is 11.3. The van der Waals surface area contributed by atoms with E-state index in [0.29, 0.717) is 16.6 Å². The molecule has 114 valence electrons. The number of non-ortho nitro benzene ring substituents is 1. The molecule has 0 bridgehead atoms. The van der Waals surface area contributed by atoms with Crippen molar-refractivity contribution in [2.45, 2.75) is 11.6 Å². The van der Waals surface area contributed by atoms with Crippen LogP contribution in [0.1, 0.15) is 6.42 Å². The second-order valence-corrected chi connectivity index (χ2v) is 5.22. The van der Waals surface area contributed by atoms with E-state index in [1.54, 1.807) is 24.4 Å². The number of hydrogen-bond acceptors (Lipinski definition) is 5. The number of nitro groups is 1. The normalized spacial score (nSPS) is 10.3. The SMILES string of the molecule is O=[N+]([O-])c1ccc(-c2ccnc(SCCC=C(F)F)n2)cc1. The van der Waals surface area contributed by atoms with E-state index < -0.39 is 11.0 Å².